The fourth-order valence-corrected chi connectivity index (χ4v) is 3.61. The van der Waals surface area contributed by atoms with Crippen LogP contribution < -0.4 is 10.1 Å². The molecule has 0 unspecified atom stereocenters. The first kappa shape index (κ1) is 21.4. The first-order chi connectivity index (χ1) is 14.1. The molecule has 0 aliphatic heterocycles. The predicted octanol–water partition coefficient (Wildman–Crippen LogP) is 5.18. The van der Waals surface area contributed by atoms with Gasteiger partial charge in [0.15, 0.2) is 0 Å². The number of hydrogen-bond acceptors (Lipinski definition) is 3. The molecule has 1 N–H and O–H groups in total. The van der Waals surface area contributed by atoms with E-state index in [9.17, 15) is 4.79 Å². The molecule has 0 radical (unpaired) electrons. The Morgan fingerprint density at radius 2 is 1.76 bits per heavy atom. The summed E-state index contributed by atoms with van der Waals surface area (Å²) in [6, 6.07) is 16.3. The summed E-state index contributed by atoms with van der Waals surface area (Å²) in [6.45, 7) is 5.19. The summed E-state index contributed by atoms with van der Waals surface area (Å²) in [4.78, 5) is 12.3. The van der Waals surface area contributed by atoms with Gasteiger partial charge in [-0.25, -0.2) is 0 Å². The summed E-state index contributed by atoms with van der Waals surface area (Å²) in [5.74, 6) is 0.992. The number of hydrogen-bond donors (Lipinski definition) is 1. The minimum absolute atomic E-state index is 0.0657. The van der Waals surface area contributed by atoms with Gasteiger partial charge in [0.05, 0.1) is 18.8 Å². The maximum atomic E-state index is 12.3. The smallest absolute Gasteiger partial charge is 0.220 e. The quantitative estimate of drug-likeness (QED) is 0.603. The highest BCUT2D eigenvalue weighted by molar-refractivity contribution is 5.76. The molecule has 0 atom stereocenters. The van der Waals surface area contributed by atoms with Crippen molar-refractivity contribution in [1.82, 2.24) is 5.32 Å². The summed E-state index contributed by atoms with van der Waals surface area (Å²) in [5, 5.41) is 3.02. The Morgan fingerprint density at radius 1 is 1.03 bits per heavy atom. The first-order valence-corrected chi connectivity index (χ1v) is 10.8. The van der Waals surface area contributed by atoms with E-state index in [-0.39, 0.29) is 12.0 Å². The topological polar surface area (TPSA) is 47.6 Å². The molecule has 2 aromatic carbocycles. The molecule has 1 aliphatic carbocycles. The number of aryl methyl sites for hydroxylation is 1. The van der Waals surface area contributed by atoms with E-state index in [1.807, 2.05) is 44.2 Å². The van der Waals surface area contributed by atoms with Gasteiger partial charge in [0.25, 0.3) is 0 Å². The zero-order chi connectivity index (χ0) is 20.5. The number of amides is 1. The summed E-state index contributed by atoms with van der Waals surface area (Å²) in [5.41, 5.74) is 3.36. The molecule has 4 heteroatoms. The summed E-state index contributed by atoms with van der Waals surface area (Å²) < 4.78 is 11.7. The lowest BCUT2D eigenvalue weighted by Gasteiger charge is -2.14. The van der Waals surface area contributed by atoms with Crippen molar-refractivity contribution in [1.29, 1.82) is 0 Å². The molecule has 1 amide bonds. The van der Waals surface area contributed by atoms with Crippen LogP contribution in [0, 0.1) is 0 Å². The Balaban J connectivity index is 1.42. The maximum Gasteiger partial charge on any atom is 0.220 e. The second kappa shape index (κ2) is 11.0. The van der Waals surface area contributed by atoms with E-state index in [1.54, 1.807) is 0 Å². The Hall–Kier alpha value is -2.33. The summed E-state index contributed by atoms with van der Waals surface area (Å²) in [6.07, 6.45) is 6.58. The van der Waals surface area contributed by atoms with E-state index in [0.29, 0.717) is 25.7 Å². The van der Waals surface area contributed by atoms with Crippen LogP contribution >= 0.6 is 0 Å². The molecule has 4 nitrogen and oxygen atoms in total. The lowest BCUT2D eigenvalue weighted by Crippen LogP contribution is -2.23. The number of carbonyl (C=O) groups excluding carboxylic acids is 1. The third kappa shape index (κ3) is 7.54. The molecule has 1 fully saturated rings. The van der Waals surface area contributed by atoms with E-state index < -0.39 is 0 Å². The lowest BCUT2D eigenvalue weighted by molar-refractivity contribution is -0.121. The molecule has 0 spiro atoms. The minimum Gasteiger partial charge on any atom is -0.490 e. The third-order valence-electron chi connectivity index (χ3n) is 5.21. The maximum absolute atomic E-state index is 12.3. The normalized spacial score (nSPS) is 14.3. The number of ether oxygens (including phenoxy) is 2. The van der Waals surface area contributed by atoms with Crippen LogP contribution in [0.4, 0.5) is 0 Å². The van der Waals surface area contributed by atoms with Gasteiger partial charge < -0.3 is 14.8 Å². The van der Waals surface area contributed by atoms with Crippen LogP contribution in [0.15, 0.2) is 48.5 Å². The minimum atomic E-state index is 0.0657. The molecule has 156 valence electrons. The van der Waals surface area contributed by atoms with Gasteiger partial charge in [-0.1, -0.05) is 36.4 Å². The number of nitrogens with one attached hydrogen (secondary N) is 1. The molecule has 29 heavy (non-hydrogen) atoms. The molecule has 1 saturated carbocycles. The van der Waals surface area contributed by atoms with Crippen LogP contribution in [0.2, 0.25) is 0 Å². The van der Waals surface area contributed by atoms with Crippen molar-refractivity contribution in [3.63, 3.8) is 0 Å². The molecule has 3 rings (SSSR count). The van der Waals surface area contributed by atoms with Crippen molar-refractivity contribution in [2.75, 3.05) is 0 Å². The van der Waals surface area contributed by atoms with Gasteiger partial charge in [-0.05, 0) is 74.8 Å². The lowest BCUT2D eigenvalue weighted by atomic mass is 10.1. The molecule has 2 aromatic rings. The monoisotopic (exact) mass is 395 g/mol. The second-order valence-corrected chi connectivity index (χ2v) is 8.13. The van der Waals surface area contributed by atoms with Crippen molar-refractivity contribution >= 4 is 5.91 Å². The van der Waals surface area contributed by atoms with Crippen LogP contribution in [0.5, 0.6) is 5.75 Å². The van der Waals surface area contributed by atoms with Gasteiger partial charge in [-0.15, -0.1) is 0 Å². The van der Waals surface area contributed by atoms with Gasteiger partial charge in [0.1, 0.15) is 5.75 Å². The van der Waals surface area contributed by atoms with Gasteiger partial charge in [-0.3, -0.25) is 4.79 Å². The van der Waals surface area contributed by atoms with E-state index in [2.05, 4.69) is 23.5 Å². The van der Waals surface area contributed by atoms with Crippen molar-refractivity contribution in [2.45, 2.75) is 77.7 Å². The molecule has 0 bridgehead atoms. The van der Waals surface area contributed by atoms with Crippen LogP contribution in [-0.2, 0) is 29.1 Å². The molecular weight excluding hydrogens is 362 g/mol. The molecular formula is C25H33NO3. The largest absolute Gasteiger partial charge is 0.490 e. The fourth-order valence-electron chi connectivity index (χ4n) is 3.61. The van der Waals surface area contributed by atoms with Gasteiger partial charge in [0, 0.05) is 13.0 Å². The molecule has 0 heterocycles. The number of carbonyl (C=O) groups is 1. The number of rotatable bonds is 10. The molecule has 0 aromatic heterocycles. The third-order valence-corrected chi connectivity index (χ3v) is 5.21. The highest BCUT2D eigenvalue weighted by Gasteiger charge is 2.16. The van der Waals surface area contributed by atoms with Crippen LogP contribution in [-0.4, -0.2) is 18.1 Å². The Morgan fingerprint density at radius 3 is 2.55 bits per heavy atom. The number of benzene rings is 2. The van der Waals surface area contributed by atoms with Gasteiger partial charge in [0.2, 0.25) is 5.91 Å². The van der Waals surface area contributed by atoms with Gasteiger partial charge in [-0.2, -0.15) is 0 Å². The van der Waals surface area contributed by atoms with Crippen LogP contribution in [0.3, 0.4) is 0 Å². The summed E-state index contributed by atoms with van der Waals surface area (Å²) in [7, 11) is 0. The van der Waals surface area contributed by atoms with Gasteiger partial charge >= 0.3 is 0 Å². The standard InChI is InChI=1S/C25H33NO3/c1-19(2)28-18-22-9-5-8-21(15-22)17-26-25(27)14-13-20-7-6-12-24(16-20)29-23-10-3-4-11-23/h5-9,12,15-16,19,23H,3-4,10-11,13-14,17-18H2,1-2H3,(H,26,27). The average molecular weight is 396 g/mol. The van der Waals surface area contributed by atoms with Crippen molar-refractivity contribution in [2.24, 2.45) is 0 Å². The van der Waals surface area contributed by atoms with Crippen molar-refractivity contribution in [3.05, 3.63) is 65.2 Å². The highest BCUT2D eigenvalue weighted by Crippen LogP contribution is 2.24. The summed E-state index contributed by atoms with van der Waals surface area (Å²) >= 11 is 0. The zero-order valence-electron chi connectivity index (χ0n) is 17.7. The second-order valence-electron chi connectivity index (χ2n) is 8.13. The Kier molecular flexibility index (Phi) is 8.12. The predicted molar refractivity (Wildman–Crippen MR) is 116 cm³/mol. The Bertz CT molecular complexity index is 781. The first-order valence-electron chi connectivity index (χ1n) is 10.8. The van der Waals surface area contributed by atoms with Crippen LogP contribution in [0.1, 0.15) is 62.6 Å². The average Bonchev–Trinajstić information content (AvgIpc) is 3.23. The van der Waals surface area contributed by atoms with E-state index in [1.165, 1.54) is 12.8 Å². The van der Waals surface area contributed by atoms with Crippen LogP contribution in [0.25, 0.3) is 0 Å². The van der Waals surface area contributed by atoms with Crippen molar-refractivity contribution in [3.8, 4) is 5.75 Å². The zero-order valence-corrected chi connectivity index (χ0v) is 17.7. The van der Waals surface area contributed by atoms with E-state index in [0.717, 1.165) is 41.7 Å². The Labute approximate surface area is 174 Å². The van der Waals surface area contributed by atoms with Crippen molar-refractivity contribution < 1.29 is 14.3 Å². The van der Waals surface area contributed by atoms with E-state index >= 15 is 0 Å². The SMILES string of the molecule is CC(C)OCc1cccc(CNC(=O)CCc2cccc(OC3CCCC3)c2)c1. The molecule has 0 saturated heterocycles. The van der Waals surface area contributed by atoms with E-state index in [4.69, 9.17) is 9.47 Å². The fraction of sp³-hybridized carbons (Fsp3) is 0.480. The molecule has 1 aliphatic rings. The highest BCUT2D eigenvalue weighted by atomic mass is 16.5.